The third kappa shape index (κ3) is 5.32. The number of halogens is 2. The number of carbonyl (C=O) groups is 1. The van der Waals surface area contributed by atoms with Crippen molar-refractivity contribution in [3.05, 3.63) is 105 Å². The summed E-state index contributed by atoms with van der Waals surface area (Å²) in [6, 6.07) is 16.5. The summed E-state index contributed by atoms with van der Waals surface area (Å²) in [7, 11) is 0. The number of hydrogen-bond donors (Lipinski definition) is 2. The lowest BCUT2D eigenvalue weighted by molar-refractivity contribution is -0.118. The summed E-state index contributed by atoms with van der Waals surface area (Å²) >= 11 is 9.55. The molecule has 5 rings (SSSR count). The summed E-state index contributed by atoms with van der Waals surface area (Å²) in [5.41, 5.74) is 5.95. The van der Waals surface area contributed by atoms with Gasteiger partial charge in [-0.2, -0.15) is 0 Å². The molecule has 1 saturated heterocycles. The lowest BCUT2D eigenvalue weighted by atomic mass is 10.1. The average molecular weight is 567 g/mol. The van der Waals surface area contributed by atoms with Gasteiger partial charge >= 0.3 is 0 Å². The first-order chi connectivity index (χ1) is 17.5. The van der Waals surface area contributed by atoms with Gasteiger partial charge in [-0.3, -0.25) is 4.79 Å². The van der Waals surface area contributed by atoms with Gasteiger partial charge in [0.15, 0.2) is 0 Å². The van der Waals surface area contributed by atoms with Gasteiger partial charge < -0.3 is 25.3 Å². The number of nitrogens with zero attached hydrogens (tertiary/aromatic N) is 3. The van der Waals surface area contributed by atoms with Crippen molar-refractivity contribution in [1.82, 2.24) is 15.5 Å². The van der Waals surface area contributed by atoms with Crippen molar-refractivity contribution < 1.29 is 4.79 Å². The average Bonchev–Trinajstić information content (AvgIpc) is 2.92. The minimum absolute atomic E-state index is 0.0980. The summed E-state index contributed by atoms with van der Waals surface area (Å²) in [5, 5.41) is 7.15. The highest BCUT2D eigenvalue weighted by molar-refractivity contribution is 9.11. The SMILES string of the molecule is CCC1=C(C(=O)NCc2ccc(N3CCN(c4ccc(Cl)cc4)CC3)cc2)N2C=C(Br)C=CC2=CN1. The van der Waals surface area contributed by atoms with Gasteiger partial charge in [-0.15, -0.1) is 0 Å². The Morgan fingerprint density at radius 3 is 2.19 bits per heavy atom. The van der Waals surface area contributed by atoms with E-state index in [2.05, 4.69) is 72.8 Å². The monoisotopic (exact) mass is 565 g/mol. The molecule has 1 fully saturated rings. The van der Waals surface area contributed by atoms with Crippen LogP contribution in [0.3, 0.4) is 0 Å². The highest BCUT2D eigenvalue weighted by Crippen LogP contribution is 2.29. The zero-order valence-corrected chi connectivity index (χ0v) is 22.5. The number of benzene rings is 2. The molecule has 6 nitrogen and oxygen atoms in total. The Morgan fingerprint density at radius 1 is 0.972 bits per heavy atom. The molecule has 36 heavy (non-hydrogen) atoms. The van der Waals surface area contributed by atoms with Crippen LogP contribution < -0.4 is 20.4 Å². The van der Waals surface area contributed by atoms with Crippen molar-refractivity contribution in [3.8, 4) is 0 Å². The molecule has 3 aliphatic rings. The Kier molecular flexibility index (Phi) is 7.39. The predicted octanol–water partition coefficient (Wildman–Crippen LogP) is 5.46. The van der Waals surface area contributed by atoms with Gasteiger partial charge in [0.05, 0.1) is 5.70 Å². The van der Waals surface area contributed by atoms with Crippen LogP contribution in [0.2, 0.25) is 5.02 Å². The van der Waals surface area contributed by atoms with Gasteiger partial charge in [0.2, 0.25) is 0 Å². The van der Waals surface area contributed by atoms with Crippen molar-refractivity contribution in [2.45, 2.75) is 19.9 Å². The second kappa shape index (κ2) is 10.8. The number of anilines is 2. The maximum Gasteiger partial charge on any atom is 0.270 e. The first-order valence-corrected chi connectivity index (χ1v) is 13.4. The molecule has 0 saturated carbocycles. The Bertz CT molecular complexity index is 1240. The number of fused-ring (bicyclic) bond motifs is 1. The van der Waals surface area contributed by atoms with Gasteiger partial charge in [0, 0.05) is 71.7 Å². The maximum absolute atomic E-state index is 13.2. The van der Waals surface area contributed by atoms with Gasteiger partial charge in [-0.1, -0.05) is 30.7 Å². The molecule has 2 aromatic rings. The lowest BCUT2D eigenvalue weighted by Crippen LogP contribution is -2.46. The highest BCUT2D eigenvalue weighted by Gasteiger charge is 2.27. The van der Waals surface area contributed by atoms with Crippen molar-refractivity contribution >= 4 is 44.8 Å². The number of rotatable bonds is 6. The minimum Gasteiger partial charge on any atom is -0.368 e. The molecule has 0 radical (unpaired) electrons. The number of piperazine rings is 1. The molecule has 2 aromatic carbocycles. The molecule has 1 amide bonds. The molecule has 0 spiro atoms. The van der Waals surface area contributed by atoms with Crippen molar-refractivity contribution in [2.75, 3.05) is 36.0 Å². The summed E-state index contributed by atoms with van der Waals surface area (Å²) in [4.78, 5) is 19.9. The third-order valence-electron chi connectivity index (χ3n) is 6.66. The largest absolute Gasteiger partial charge is 0.368 e. The second-order valence-corrected chi connectivity index (χ2v) is 10.3. The number of hydrogen-bond acceptors (Lipinski definition) is 5. The molecule has 0 atom stereocenters. The molecule has 3 aliphatic heterocycles. The highest BCUT2D eigenvalue weighted by atomic mass is 79.9. The van der Waals surface area contributed by atoms with E-state index in [-0.39, 0.29) is 5.91 Å². The van der Waals surface area contributed by atoms with Gasteiger partial charge in [-0.25, -0.2) is 0 Å². The summed E-state index contributed by atoms with van der Waals surface area (Å²) < 4.78 is 0.923. The summed E-state index contributed by atoms with van der Waals surface area (Å²) in [6.07, 6.45) is 8.54. The fourth-order valence-electron chi connectivity index (χ4n) is 4.65. The third-order valence-corrected chi connectivity index (χ3v) is 7.38. The van der Waals surface area contributed by atoms with Crippen molar-refractivity contribution in [2.24, 2.45) is 0 Å². The van der Waals surface area contributed by atoms with Crippen LogP contribution in [-0.2, 0) is 11.3 Å². The minimum atomic E-state index is -0.0980. The lowest BCUT2D eigenvalue weighted by Gasteiger charge is -2.37. The van der Waals surface area contributed by atoms with E-state index in [9.17, 15) is 4.79 Å². The Morgan fingerprint density at radius 2 is 1.58 bits per heavy atom. The Balaban J connectivity index is 1.18. The summed E-state index contributed by atoms with van der Waals surface area (Å²) in [5.74, 6) is -0.0980. The van der Waals surface area contributed by atoms with Crippen LogP contribution in [0.5, 0.6) is 0 Å². The second-order valence-electron chi connectivity index (χ2n) is 8.91. The fourth-order valence-corrected chi connectivity index (χ4v) is 5.12. The number of nitrogens with one attached hydrogen (secondary N) is 2. The van der Waals surface area contributed by atoms with E-state index >= 15 is 0 Å². The quantitative estimate of drug-likeness (QED) is 0.487. The molecule has 8 heteroatoms. The topological polar surface area (TPSA) is 50.9 Å². The first kappa shape index (κ1) is 24.5. The smallest absolute Gasteiger partial charge is 0.270 e. The van der Waals surface area contributed by atoms with E-state index < -0.39 is 0 Å². The number of allylic oxidation sites excluding steroid dienone is 4. The molecular formula is C28H29BrClN5O. The maximum atomic E-state index is 13.2. The summed E-state index contributed by atoms with van der Waals surface area (Å²) in [6.45, 7) is 6.37. The molecule has 3 heterocycles. The van der Waals surface area contributed by atoms with Crippen LogP contribution in [-0.4, -0.2) is 37.0 Å². The van der Waals surface area contributed by atoms with Gasteiger partial charge in [0.1, 0.15) is 5.70 Å². The van der Waals surface area contributed by atoms with Crippen LogP contribution in [0.25, 0.3) is 0 Å². The molecule has 0 aromatic heterocycles. The molecule has 186 valence electrons. The van der Waals surface area contributed by atoms with E-state index in [0.717, 1.165) is 59.1 Å². The zero-order chi connectivity index (χ0) is 25.1. The number of amides is 1. The van der Waals surface area contributed by atoms with Crippen LogP contribution in [0, 0.1) is 0 Å². The van der Waals surface area contributed by atoms with Crippen LogP contribution in [0.1, 0.15) is 18.9 Å². The van der Waals surface area contributed by atoms with E-state index in [1.165, 1.54) is 11.4 Å². The van der Waals surface area contributed by atoms with E-state index in [0.29, 0.717) is 12.2 Å². The van der Waals surface area contributed by atoms with Gasteiger partial charge in [0.25, 0.3) is 5.91 Å². The fraction of sp³-hybridized carbons (Fsp3) is 0.250. The van der Waals surface area contributed by atoms with E-state index in [1.54, 1.807) is 0 Å². The standard InChI is InChI=1S/C28H29BrClN5O/c1-2-26-27(35-19-21(29)5-10-25(35)18-31-26)28(36)32-17-20-3-8-23(9-4-20)33-13-15-34(16-14-33)24-11-6-22(30)7-12-24/h3-12,18-19,31H,2,13-17H2,1H3,(H,32,36). The van der Waals surface area contributed by atoms with Crippen LogP contribution in [0.4, 0.5) is 11.4 Å². The molecular weight excluding hydrogens is 538 g/mol. The van der Waals surface area contributed by atoms with Crippen molar-refractivity contribution in [1.29, 1.82) is 0 Å². The number of carbonyl (C=O) groups excluding carboxylic acids is 1. The van der Waals surface area contributed by atoms with E-state index in [1.807, 2.05) is 48.5 Å². The van der Waals surface area contributed by atoms with Crippen LogP contribution in [0.15, 0.2) is 94.7 Å². The first-order valence-electron chi connectivity index (χ1n) is 12.2. The van der Waals surface area contributed by atoms with Gasteiger partial charge in [-0.05, 0) is 76.5 Å². The molecule has 2 N–H and O–H groups in total. The molecule has 0 unspecified atom stereocenters. The molecule has 0 bridgehead atoms. The Labute approximate surface area is 225 Å². The Hall–Kier alpha value is -3.16. The zero-order valence-electron chi connectivity index (χ0n) is 20.2. The molecule has 0 aliphatic carbocycles. The normalized spacial score (nSPS) is 17.4. The van der Waals surface area contributed by atoms with Crippen LogP contribution >= 0.6 is 27.5 Å². The van der Waals surface area contributed by atoms with Crippen molar-refractivity contribution in [3.63, 3.8) is 0 Å². The predicted molar refractivity (Wildman–Crippen MR) is 151 cm³/mol. The van der Waals surface area contributed by atoms with E-state index in [4.69, 9.17) is 11.6 Å².